The summed E-state index contributed by atoms with van der Waals surface area (Å²) in [6, 6.07) is 11.2. The van der Waals surface area contributed by atoms with Crippen LogP contribution >= 0.6 is 22.6 Å². The number of amides is 2. The van der Waals surface area contributed by atoms with Crippen LogP contribution in [0.1, 0.15) is 15.9 Å². The fourth-order valence-electron chi connectivity index (χ4n) is 2.67. The minimum absolute atomic E-state index is 0.0241. The van der Waals surface area contributed by atoms with Crippen LogP contribution in [0.2, 0.25) is 0 Å². The number of anilines is 1. The maximum absolute atomic E-state index is 13.4. The Morgan fingerprint density at radius 2 is 1.54 bits per heavy atom. The van der Waals surface area contributed by atoms with E-state index in [0.29, 0.717) is 10.9 Å². The van der Waals surface area contributed by atoms with Crippen molar-refractivity contribution in [2.24, 2.45) is 0 Å². The second-order valence-corrected chi connectivity index (χ2v) is 9.58. The Hall–Kier alpha value is -2.60. The molecule has 3 N–H and O–H groups in total. The molecule has 0 atom stereocenters. The first-order valence-corrected chi connectivity index (χ1v) is 11.8. The van der Waals surface area contributed by atoms with Crippen molar-refractivity contribution in [3.63, 3.8) is 0 Å². The molecule has 0 unspecified atom stereocenters. The zero-order valence-electron chi connectivity index (χ0n) is 17.1. The topological polar surface area (TPSA) is 122 Å². The van der Waals surface area contributed by atoms with E-state index in [4.69, 9.17) is 9.29 Å². The van der Waals surface area contributed by atoms with E-state index in [0.717, 1.165) is 18.2 Å². The third-order valence-electron chi connectivity index (χ3n) is 4.37. The summed E-state index contributed by atoms with van der Waals surface area (Å²) in [6.45, 7) is -0.0888. The lowest BCUT2D eigenvalue weighted by Crippen LogP contribution is -2.70. The molecular formula is C19H15F6IN2O6S. The molecule has 0 saturated heterocycles. The molecule has 2 amide bonds. The van der Waals surface area contributed by atoms with Crippen molar-refractivity contribution in [3.8, 4) is 0 Å². The van der Waals surface area contributed by atoms with Crippen LogP contribution in [0.25, 0.3) is 0 Å². The molecule has 2 aromatic carbocycles. The summed E-state index contributed by atoms with van der Waals surface area (Å²) < 4.78 is 116. The normalized spacial score (nSPS) is 12.7. The number of benzene rings is 2. The number of halogens is 7. The van der Waals surface area contributed by atoms with E-state index >= 15 is 0 Å². The zero-order valence-corrected chi connectivity index (χ0v) is 20.0. The summed E-state index contributed by atoms with van der Waals surface area (Å²) in [5.41, 5.74) is -5.30. The molecule has 0 heterocycles. The Balaban J connectivity index is 2.23. The highest BCUT2D eigenvalue weighted by Crippen LogP contribution is 2.44. The summed E-state index contributed by atoms with van der Waals surface area (Å²) >= 11 is 1.55. The molecule has 0 aromatic heterocycles. The quantitative estimate of drug-likeness (QED) is 0.233. The van der Waals surface area contributed by atoms with Crippen molar-refractivity contribution in [1.82, 2.24) is 5.32 Å². The highest BCUT2D eigenvalue weighted by molar-refractivity contribution is 14.1. The summed E-state index contributed by atoms with van der Waals surface area (Å²) in [5, 5.41) is 2.97. The van der Waals surface area contributed by atoms with Crippen molar-refractivity contribution < 1.29 is 53.6 Å². The summed E-state index contributed by atoms with van der Waals surface area (Å²) in [7, 11) is -5.85. The van der Waals surface area contributed by atoms with E-state index in [1.807, 2.05) is 0 Å². The molecule has 0 saturated carbocycles. The molecule has 16 heteroatoms. The molecule has 0 aliphatic heterocycles. The summed E-state index contributed by atoms with van der Waals surface area (Å²) in [6.07, 6.45) is -13.6. The van der Waals surface area contributed by atoms with Gasteiger partial charge in [0.15, 0.2) is 0 Å². The van der Waals surface area contributed by atoms with Crippen LogP contribution in [0.4, 0.5) is 36.8 Å². The minimum atomic E-state index is -6.34. The summed E-state index contributed by atoms with van der Waals surface area (Å²) in [4.78, 5) is 24.2. The molecule has 0 radical (unpaired) electrons. The molecule has 2 rings (SSSR count). The van der Waals surface area contributed by atoms with Gasteiger partial charge in [0, 0.05) is 9.13 Å². The predicted octanol–water partition coefficient (Wildman–Crippen LogP) is 4.52. The number of hydrogen-bond donors (Lipinski definition) is 3. The first-order chi connectivity index (χ1) is 16.0. The monoisotopic (exact) mass is 640 g/mol. The van der Waals surface area contributed by atoms with Crippen molar-refractivity contribution in [2.45, 2.75) is 24.5 Å². The second kappa shape index (κ2) is 10.6. The number of nitrogens with one attached hydrogen (secondary N) is 2. The van der Waals surface area contributed by atoms with Crippen LogP contribution < -0.4 is 10.6 Å². The van der Waals surface area contributed by atoms with E-state index in [1.165, 1.54) is 0 Å². The lowest BCUT2D eigenvalue weighted by atomic mass is 9.99. The van der Waals surface area contributed by atoms with Crippen molar-refractivity contribution in [3.05, 3.63) is 63.2 Å². The fraction of sp³-hybridized carbons (Fsp3) is 0.263. The van der Waals surface area contributed by atoms with E-state index in [1.54, 1.807) is 52.9 Å². The number of carbonyl (C=O) groups is 2. The lowest BCUT2D eigenvalue weighted by Gasteiger charge is -2.36. The van der Waals surface area contributed by atoms with Gasteiger partial charge in [0.05, 0.1) is 5.69 Å². The van der Waals surface area contributed by atoms with Crippen LogP contribution in [0.5, 0.6) is 0 Å². The molecule has 0 bridgehead atoms. The number of hydrogen-bond acceptors (Lipinski definition) is 5. The van der Waals surface area contributed by atoms with Gasteiger partial charge in [0.1, 0.15) is 12.4 Å². The van der Waals surface area contributed by atoms with Crippen molar-refractivity contribution in [1.29, 1.82) is 0 Å². The molecule has 35 heavy (non-hydrogen) atoms. The van der Waals surface area contributed by atoms with Gasteiger partial charge in [-0.15, -0.1) is 0 Å². The van der Waals surface area contributed by atoms with Crippen LogP contribution in [0.3, 0.4) is 0 Å². The van der Waals surface area contributed by atoms with E-state index in [-0.39, 0.29) is 15.9 Å². The van der Waals surface area contributed by atoms with Gasteiger partial charge in [0.25, 0.3) is 16.0 Å². The lowest BCUT2D eigenvalue weighted by molar-refractivity contribution is -0.296. The number of carbonyl (C=O) groups excluding carboxylic acids is 2. The van der Waals surface area contributed by atoms with Gasteiger partial charge in [-0.25, -0.2) is 4.79 Å². The number of ether oxygens (including phenoxy) is 1. The summed E-state index contributed by atoms with van der Waals surface area (Å²) in [5.74, 6) is -4.82. The number of rotatable bonds is 7. The first kappa shape index (κ1) is 28.6. The third kappa shape index (κ3) is 7.44. The first-order valence-electron chi connectivity index (χ1n) is 9.13. The van der Waals surface area contributed by atoms with Gasteiger partial charge in [-0.2, -0.15) is 34.8 Å². The average Bonchev–Trinajstić information content (AvgIpc) is 2.71. The van der Waals surface area contributed by atoms with Gasteiger partial charge in [-0.05, 0) is 46.4 Å². The molecule has 0 aliphatic rings. The van der Waals surface area contributed by atoms with E-state index in [9.17, 15) is 44.3 Å². The SMILES string of the molecule is O=C(Nc1ccc(C(=O)NC(CS(=O)(=O)O)(C(F)(F)F)C(F)(F)F)cc1I)OCc1ccccc1. The molecule has 192 valence electrons. The largest absolute Gasteiger partial charge is 0.444 e. The van der Waals surface area contributed by atoms with Crippen LogP contribution in [0.15, 0.2) is 48.5 Å². The molecule has 0 fully saturated rings. The fourth-order valence-corrected chi connectivity index (χ4v) is 4.27. The smallest absolute Gasteiger partial charge is 0.421 e. The van der Waals surface area contributed by atoms with Gasteiger partial charge >= 0.3 is 18.4 Å². The van der Waals surface area contributed by atoms with Gasteiger partial charge in [-0.1, -0.05) is 30.3 Å². The highest BCUT2D eigenvalue weighted by atomic mass is 127. The van der Waals surface area contributed by atoms with Crippen LogP contribution in [0, 0.1) is 3.57 Å². The Morgan fingerprint density at radius 3 is 2.03 bits per heavy atom. The van der Waals surface area contributed by atoms with Crippen molar-refractivity contribution >= 4 is 50.4 Å². The van der Waals surface area contributed by atoms with Crippen LogP contribution in [-0.2, 0) is 21.5 Å². The standard InChI is InChI=1S/C19H15F6IN2O6S/c20-18(21,22)17(19(23,24)25,10-35(31,32)33)28-15(29)12-6-7-14(13(26)8-12)27-16(30)34-9-11-4-2-1-3-5-11/h1-8H,9-10H2,(H,27,30)(H,28,29)(H,31,32,33). The van der Waals surface area contributed by atoms with Crippen molar-refractivity contribution in [2.75, 3.05) is 11.1 Å². The van der Waals surface area contributed by atoms with Gasteiger partial charge in [-0.3, -0.25) is 14.7 Å². The predicted molar refractivity (Wildman–Crippen MR) is 118 cm³/mol. The number of alkyl halides is 6. The minimum Gasteiger partial charge on any atom is -0.444 e. The van der Waals surface area contributed by atoms with Crippen LogP contribution in [-0.4, -0.2) is 48.6 Å². The molecule has 8 nitrogen and oxygen atoms in total. The Morgan fingerprint density at radius 1 is 0.971 bits per heavy atom. The average molecular weight is 640 g/mol. The Bertz CT molecular complexity index is 1170. The Labute approximate surface area is 207 Å². The second-order valence-electron chi connectivity index (χ2n) is 6.96. The zero-order chi connectivity index (χ0) is 26.7. The van der Waals surface area contributed by atoms with Gasteiger partial charge < -0.3 is 10.1 Å². The maximum atomic E-state index is 13.4. The third-order valence-corrected chi connectivity index (χ3v) is 6.06. The highest BCUT2D eigenvalue weighted by Gasteiger charge is 2.73. The van der Waals surface area contributed by atoms with E-state index < -0.39 is 51.3 Å². The molecule has 0 aliphatic carbocycles. The molecule has 2 aromatic rings. The molecule has 0 spiro atoms. The molecular weight excluding hydrogens is 625 g/mol. The Kier molecular flexibility index (Phi) is 8.65. The maximum Gasteiger partial charge on any atom is 0.421 e. The van der Waals surface area contributed by atoms with E-state index in [2.05, 4.69) is 5.32 Å². The van der Waals surface area contributed by atoms with Gasteiger partial charge in [0.2, 0.25) is 5.54 Å².